The highest BCUT2D eigenvalue weighted by atomic mass is 16.5. The van der Waals surface area contributed by atoms with Gasteiger partial charge in [0, 0.05) is 17.2 Å². The van der Waals surface area contributed by atoms with Crippen LogP contribution in [0.2, 0.25) is 0 Å². The molecule has 0 unspecified atom stereocenters. The Hall–Kier alpha value is -2.30. The average molecular weight is 342 g/mol. The molecule has 25 heavy (non-hydrogen) atoms. The number of ether oxygens (including phenoxy) is 1. The largest absolute Gasteiger partial charge is 0.493 e. The van der Waals surface area contributed by atoms with Gasteiger partial charge < -0.3 is 14.6 Å². The number of carbonyl (C=O) groups excluding carboxylic acids is 1. The third-order valence-electron chi connectivity index (χ3n) is 4.49. The van der Waals surface area contributed by atoms with Crippen LogP contribution in [0.4, 0.5) is 5.69 Å². The van der Waals surface area contributed by atoms with Crippen LogP contribution in [-0.2, 0) is 16.6 Å². The van der Waals surface area contributed by atoms with Gasteiger partial charge in [0.05, 0.1) is 18.7 Å². The molecule has 1 aliphatic rings. The van der Waals surface area contributed by atoms with E-state index in [4.69, 9.17) is 9.26 Å². The zero-order valence-electron chi connectivity index (χ0n) is 15.2. The van der Waals surface area contributed by atoms with Crippen molar-refractivity contribution in [3.8, 4) is 5.75 Å². The number of nitrogens with zero attached hydrogens (tertiary/aromatic N) is 1. The van der Waals surface area contributed by atoms with Crippen LogP contribution in [0.25, 0.3) is 0 Å². The van der Waals surface area contributed by atoms with Crippen LogP contribution < -0.4 is 10.1 Å². The van der Waals surface area contributed by atoms with E-state index in [0.29, 0.717) is 11.6 Å². The number of nitrogens with one attached hydrogen (secondary N) is 1. The number of amides is 1. The predicted octanol–water partition coefficient (Wildman–Crippen LogP) is 4.33. The summed E-state index contributed by atoms with van der Waals surface area (Å²) < 4.78 is 11.1. The van der Waals surface area contributed by atoms with Crippen LogP contribution in [0.5, 0.6) is 5.75 Å². The Labute approximate surface area is 148 Å². The highest BCUT2D eigenvalue weighted by molar-refractivity contribution is 5.92. The van der Waals surface area contributed by atoms with E-state index in [-0.39, 0.29) is 17.7 Å². The molecule has 5 heteroatoms. The summed E-state index contributed by atoms with van der Waals surface area (Å²) in [5.41, 5.74) is 1.28. The van der Waals surface area contributed by atoms with E-state index in [1.807, 2.05) is 51.1 Å². The first kappa shape index (κ1) is 17.5. The number of hydrogen-bond acceptors (Lipinski definition) is 4. The summed E-state index contributed by atoms with van der Waals surface area (Å²) in [7, 11) is 0. The van der Waals surface area contributed by atoms with Gasteiger partial charge in [0.1, 0.15) is 11.5 Å². The molecule has 1 amide bonds. The van der Waals surface area contributed by atoms with Crippen LogP contribution in [0.1, 0.15) is 51.5 Å². The molecule has 1 heterocycles. The van der Waals surface area contributed by atoms with E-state index >= 15 is 0 Å². The van der Waals surface area contributed by atoms with Gasteiger partial charge in [-0.25, -0.2) is 0 Å². The molecular formula is C20H26N2O3. The number of hydrogen-bond donors (Lipinski definition) is 1. The molecule has 1 aromatic heterocycles. The maximum Gasteiger partial charge on any atom is 0.230 e. The van der Waals surface area contributed by atoms with Crippen molar-refractivity contribution in [2.45, 2.75) is 51.9 Å². The number of aromatic nitrogens is 1. The van der Waals surface area contributed by atoms with E-state index in [1.54, 1.807) is 0 Å². The van der Waals surface area contributed by atoms with Crippen molar-refractivity contribution in [3.05, 3.63) is 41.8 Å². The monoisotopic (exact) mass is 342 g/mol. The molecule has 5 nitrogen and oxygen atoms in total. The molecule has 0 saturated heterocycles. The molecular weight excluding hydrogens is 316 g/mol. The maximum atomic E-state index is 12.2. The topological polar surface area (TPSA) is 64.4 Å². The number of carbonyl (C=O) groups is 1. The highest BCUT2D eigenvalue weighted by Crippen LogP contribution is 2.27. The molecule has 1 N–H and O–H groups in total. The minimum atomic E-state index is -0.114. The van der Waals surface area contributed by atoms with Crippen LogP contribution >= 0.6 is 0 Å². The number of anilines is 1. The van der Waals surface area contributed by atoms with Crippen LogP contribution in [0, 0.1) is 5.92 Å². The van der Waals surface area contributed by atoms with Gasteiger partial charge in [-0.1, -0.05) is 32.3 Å². The van der Waals surface area contributed by atoms with E-state index in [0.717, 1.165) is 23.8 Å². The molecule has 0 bridgehead atoms. The van der Waals surface area contributed by atoms with E-state index in [9.17, 15) is 4.79 Å². The Morgan fingerprint density at radius 1 is 1.28 bits per heavy atom. The zero-order chi connectivity index (χ0) is 17.9. The Balaban J connectivity index is 1.49. The quantitative estimate of drug-likeness (QED) is 0.848. The fourth-order valence-electron chi connectivity index (χ4n) is 2.63. The predicted molar refractivity (Wildman–Crippen MR) is 96.8 cm³/mol. The smallest absolute Gasteiger partial charge is 0.230 e. The summed E-state index contributed by atoms with van der Waals surface area (Å²) in [5.74, 6) is 2.22. The Kier molecular flexibility index (Phi) is 5.11. The standard InChI is InChI=1S/C20H26N2O3/c1-20(2,3)18-11-16(22-25-18)12-19(23)21-15-7-9-17(10-8-15)24-13-14-5-4-6-14/h7-11,14H,4-6,12-13H2,1-3H3,(H,21,23). The molecule has 1 aliphatic carbocycles. The van der Waals surface area contributed by atoms with E-state index in [2.05, 4.69) is 10.5 Å². The summed E-state index contributed by atoms with van der Waals surface area (Å²) >= 11 is 0. The van der Waals surface area contributed by atoms with Crippen LogP contribution in [-0.4, -0.2) is 17.7 Å². The third-order valence-corrected chi connectivity index (χ3v) is 4.49. The van der Waals surface area contributed by atoms with E-state index in [1.165, 1.54) is 19.3 Å². The summed E-state index contributed by atoms with van der Waals surface area (Å²) in [6.45, 7) is 6.93. The fraction of sp³-hybridized carbons (Fsp3) is 0.500. The zero-order valence-corrected chi connectivity index (χ0v) is 15.2. The molecule has 3 rings (SSSR count). The van der Waals surface area contributed by atoms with Gasteiger partial charge in [0.25, 0.3) is 0 Å². The Bertz CT molecular complexity index is 709. The first-order valence-electron chi connectivity index (χ1n) is 8.89. The molecule has 2 aromatic rings. The second-order valence-corrected chi connectivity index (χ2v) is 7.79. The van der Waals surface area contributed by atoms with Crippen molar-refractivity contribution in [1.29, 1.82) is 0 Å². The van der Waals surface area contributed by atoms with Gasteiger partial charge in [-0.3, -0.25) is 4.79 Å². The lowest BCUT2D eigenvalue weighted by atomic mass is 9.86. The molecule has 0 spiro atoms. The Morgan fingerprint density at radius 3 is 2.56 bits per heavy atom. The fourth-order valence-corrected chi connectivity index (χ4v) is 2.63. The highest BCUT2D eigenvalue weighted by Gasteiger charge is 2.20. The van der Waals surface area contributed by atoms with Crippen molar-refractivity contribution >= 4 is 11.6 Å². The minimum absolute atomic E-state index is 0.114. The number of rotatable bonds is 6. The molecule has 0 atom stereocenters. The van der Waals surface area contributed by atoms with Crippen molar-refractivity contribution < 1.29 is 14.1 Å². The normalized spacial score (nSPS) is 14.8. The van der Waals surface area contributed by atoms with Crippen molar-refractivity contribution in [3.63, 3.8) is 0 Å². The average Bonchev–Trinajstić information content (AvgIpc) is 2.96. The van der Waals surface area contributed by atoms with Crippen molar-refractivity contribution in [2.75, 3.05) is 11.9 Å². The molecule has 0 radical (unpaired) electrons. The lowest BCUT2D eigenvalue weighted by Crippen LogP contribution is -2.19. The van der Waals surface area contributed by atoms with Crippen LogP contribution in [0.3, 0.4) is 0 Å². The summed E-state index contributed by atoms with van der Waals surface area (Å²) in [6, 6.07) is 9.34. The Morgan fingerprint density at radius 2 is 2.00 bits per heavy atom. The lowest BCUT2D eigenvalue weighted by molar-refractivity contribution is -0.115. The minimum Gasteiger partial charge on any atom is -0.493 e. The lowest BCUT2D eigenvalue weighted by Gasteiger charge is -2.25. The van der Waals surface area contributed by atoms with Gasteiger partial charge in [0.15, 0.2) is 0 Å². The summed E-state index contributed by atoms with van der Waals surface area (Å²) in [4.78, 5) is 12.2. The van der Waals surface area contributed by atoms with Gasteiger partial charge in [-0.15, -0.1) is 0 Å². The van der Waals surface area contributed by atoms with Crippen molar-refractivity contribution in [1.82, 2.24) is 5.16 Å². The first-order valence-corrected chi connectivity index (χ1v) is 8.89. The third kappa shape index (κ3) is 4.84. The molecule has 1 saturated carbocycles. The van der Waals surface area contributed by atoms with Gasteiger partial charge >= 0.3 is 0 Å². The number of benzene rings is 1. The summed E-state index contributed by atoms with van der Waals surface area (Å²) in [5, 5.41) is 6.85. The molecule has 134 valence electrons. The SMILES string of the molecule is CC(C)(C)c1cc(CC(=O)Nc2ccc(OCC3CCC3)cc2)no1. The van der Waals surface area contributed by atoms with Gasteiger partial charge in [-0.05, 0) is 43.0 Å². The second kappa shape index (κ2) is 7.30. The molecule has 0 aliphatic heterocycles. The summed E-state index contributed by atoms with van der Waals surface area (Å²) in [6.07, 6.45) is 4.06. The second-order valence-electron chi connectivity index (χ2n) is 7.79. The van der Waals surface area contributed by atoms with Crippen LogP contribution in [0.15, 0.2) is 34.9 Å². The molecule has 1 aromatic carbocycles. The van der Waals surface area contributed by atoms with E-state index < -0.39 is 0 Å². The van der Waals surface area contributed by atoms with Crippen molar-refractivity contribution in [2.24, 2.45) is 5.92 Å². The first-order chi connectivity index (χ1) is 11.9. The molecule has 1 fully saturated rings. The van der Waals surface area contributed by atoms with Gasteiger partial charge in [-0.2, -0.15) is 0 Å². The van der Waals surface area contributed by atoms with Gasteiger partial charge in [0.2, 0.25) is 5.91 Å². The maximum absolute atomic E-state index is 12.2.